The Morgan fingerprint density at radius 1 is 1.27 bits per heavy atom. The second kappa shape index (κ2) is 3.95. The third-order valence-corrected chi connectivity index (χ3v) is 3.16. The van der Waals surface area contributed by atoms with E-state index in [2.05, 4.69) is 43.4 Å². The molecule has 0 heterocycles. The number of rotatable bonds is 3. The van der Waals surface area contributed by atoms with Crippen LogP contribution in [0, 0.1) is 0 Å². The van der Waals surface area contributed by atoms with Crippen molar-refractivity contribution in [2.75, 3.05) is 6.54 Å². The summed E-state index contributed by atoms with van der Waals surface area (Å²) < 4.78 is 0. The molecule has 0 saturated carbocycles. The molecule has 15 heavy (non-hydrogen) atoms. The predicted molar refractivity (Wildman–Crippen MR) is 63.9 cm³/mol. The largest absolute Gasteiger partial charge is 0.329 e. The number of hydrogen-bond acceptors (Lipinski definition) is 2. The van der Waals surface area contributed by atoms with Gasteiger partial charge in [0.1, 0.15) is 0 Å². The second-order valence-electron chi connectivity index (χ2n) is 4.91. The first-order valence-electron chi connectivity index (χ1n) is 5.70. The lowest BCUT2D eigenvalue weighted by Crippen LogP contribution is -2.54. The Hall–Kier alpha value is -0.860. The van der Waals surface area contributed by atoms with Gasteiger partial charge in [-0.1, -0.05) is 38.1 Å². The van der Waals surface area contributed by atoms with Crippen LogP contribution in [0.3, 0.4) is 0 Å². The monoisotopic (exact) mass is 204 g/mol. The van der Waals surface area contributed by atoms with Gasteiger partial charge in [-0.25, -0.2) is 0 Å². The molecule has 0 fully saturated rings. The molecule has 1 aliphatic rings. The summed E-state index contributed by atoms with van der Waals surface area (Å²) in [5.41, 5.74) is 8.94. The number of benzene rings is 1. The highest BCUT2D eigenvalue weighted by Gasteiger charge is 2.35. The normalized spacial score (nSPS) is 18.1. The minimum atomic E-state index is 0.0951. The molecule has 0 spiro atoms. The van der Waals surface area contributed by atoms with Gasteiger partial charge < -0.3 is 11.1 Å². The number of nitrogens with two attached hydrogens (primary N) is 1. The lowest BCUT2D eigenvalue weighted by atomic mass is 9.95. The number of fused-ring (bicyclic) bond motifs is 1. The summed E-state index contributed by atoms with van der Waals surface area (Å²) in [4.78, 5) is 0. The Bertz CT molecular complexity index is 319. The fraction of sp³-hybridized carbons (Fsp3) is 0.538. The van der Waals surface area contributed by atoms with Crippen molar-refractivity contribution >= 4 is 0 Å². The fourth-order valence-corrected chi connectivity index (χ4v) is 2.61. The van der Waals surface area contributed by atoms with Crippen molar-refractivity contribution in [3.63, 3.8) is 0 Å². The number of hydrogen-bond donors (Lipinski definition) is 2. The van der Waals surface area contributed by atoms with Gasteiger partial charge in [0.15, 0.2) is 0 Å². The summed E-state index contributed by atoms with van der Waals surface area (Å²) in [6.07, 6.45) is 2.13. The van der Waals surface area contributed by atoms with Crippen molar-refractivity contribution in [3.05, 3.63) is 35.4 Å². The predicted octanol–water partition coefficient (Wildman–Crippen LogP) is 1.48. The Morgan fingerprint density at radius 3 is 2.20 bits per heavy atom. The Morgan fingerprint density at radius 2 is 1.80 bits per heavy atom. The summed E-state index contributed by atoms with van der Waals surface area (Å²) in [5, 5.41) is 3.63. The molecule has 0 radical (unpaired) electrons. The molecule has 0 atom stereocenters. The Kier molecular flexibility index (Phi) is 2.81. The molecule has 0 amide bonds. The highest BCUT2D eigenvalue weighted by molar-refractivity contribution is 5.36. The first-order chi connectivity index (χ1) is 7.15. The summed E-state index contributed by atoms with van der Waals surface area (Å²) in [5.74, 6) is 0. The van der Waals surface area contributed by atoms with Gasteiger partial charge in [0.25, 0.3) is 0 Å². The zero-order valence-corrected chi connectivity index (χ0v) is 9.59. The SMILES string of the molecule is CC(C)NC1(CN)Cc2ccccc2C1. The van der Waals surface area contributed by atoms with E-state index in [1.54, 1.807) is 0 Å². The first-order valence-corrected chi connectivity index (χ1v) is 5.70. The molecule has 0 unspecified atom stereocenters. The van der Waals surface area contributed by atoms with Gasteiger partial charge in [-0.3, -0.25) is 0 Å². The molecule has 3 N–H and O–H groups in total. The van der Waals surface area contributed by atoms with Crippen LogP contribution >= 0.6 is 0 Å². The summed E-state index contributed by atoms with van der Waals surface area (Å²) in [6, 6.07) is 9.15. The van der Waals surface area contributed by atoms with Crippen LogP contribution in [0.4, 0.5) is 0 Å². The van der Waals surface area contributed by atoms with E-state index in [9.17, 15) is 0 Å². The smallest absolute Gasteiger partial charge is 0.0387 e. The van der Waals surface area contributed by atoms with Crippen molar-refractivity contribution in [1.82, 2.24) is 5.32 Å². The van der Waals surface area contributed by atoms with Crippen molar-refractivity contribution < 1.29 is 0 Å². The Labute approximate surface area is 91.9 Å². The zero-order chi connectivity index (χ0) is 10.9. The van der Waals surface area contributed by atoms with E-state index in [4.69, 9.17) is 5.73 Å². The third kappa shape index (κ3) is 2.06. The zero-order valence-electron chi connectivity index (χ0n) is 9.59. The van der Waals surface area contributed by atoms with Gasteiger partial charge in [0.2, 0.25) is 0 Å². The van der Waals surface area contributed by atoms with E-state index in [1.807, 2.05) is 0 Å². The van der Waals surface area contributed by atoms with Gasteiger partial charge in [-0.05, 0) is 24.0 Å². The van der Waals surface area contributed by atoms with E-state index in [-0.39, 0.29) is 5.54 Å². The van der Waals surface area contributed by atoms with Gasteiger partial charge in [0.05, 0.1) is 0 Å². The molecule has 1 aromatic carbocycles. The van der Waals surface area contributed by atoms with Crippen LogP contribution in [-0.4, -0.2) is 18.1 Å². The van der Waals surface area contributed by atoms with Crippen molar-refractivity contribution in [2.45, 2.75) is 38.3 Å². The van der Waals surface area contributed by atoms with E-state index < -0.39 is 0 Å². The third-order valence-electron chi connectivity index (χ3n) is 3.16. The molecular formula is C13H20N2. The highest BCUT2D eigenvalue weighted by Crippen LogP contribution is 2.29. The lowest BCUT2D eigenvalue weighted by Gasteiger charge is -2.31. The maximum Gasteiger partial charge on any atom is 0.0387 e. The minimum absolute atomic E-state index is 0.0951. The quantitative estimate of drug-likeness (QED) is 0.782. The van der Waals surface area contributed by atoms with Crippen LogP contribution in [0.15, 0.2) is 24.3 Å². The van der Waals surface area contributed by atoms with Gasteiger partial charge >= 0.3 is 0 Å². The molecule has 1 aromatic rings. The average Bonchev–Trinajstić information content (AvgIpc) is 2.55. The number of nitrogens with one attached hydrogen (secondary N) is 1. The summed E-state index contributed by atoms with van der Waals surface area (Å²) >= 11 is 0. The maximum atomic E-state index is 5.93. The molecule has 0 aliphatic heterocycles. The van der Waals surface area contributed by atoms with Crippen molar-refractivity contribution in [1.29, 1.82) is 0 Å². The van der Waals surface area contributed by atoms with Gasteiger partial charge in [-0.15, -0.1) is 0 Å². The Balaban J connectivity index is 2.21. The van der Waals surface area contributed by atoms with Crippen LogP contribution in [0.1, 0.15) is 25.0 Å². The van der Waals surface area contributed by atoms with Crippen LogP contribution in [-0.2, 0) is 12.8 Å². The molecule has 2 nitrogen and oxygen atoms in total. The van der Waals surface area contributed by atoms with Crippen LogP contribution in [0.5, 0.6) is 0 Å². The van der Waals surface area contributed by atoms with E-state index in [0.717, 1.165) is 12.8 Å². The first kappa shape index (κ1) is 10.7. The van der Waals surface area contributed by atoms with E-state index in [1.165, 1.54) is 11.1 Å². The molecule has 2 heteroatoms. The lowest BCUT2D eigenvalue weighted by molar-refractivity contribution is 0.320. The molecule has 2 rings (SSSR count). The van der Waals surface area contributed by atoms with Gasteiger partial charge in [-0.2, -0.15) is 0 Å². The summed E-state index contributed by atoms with van der Waals surface area (Å²) in [7, 11) is 0. The average molecular weight is 204 g/mol. The molecule has 1 aliphatic carbocycles. The summed E-state index contributed by atoms with van der Waals surface area (Å²) in [6.45, 7) is 5.07. The molecule has 82 valence electrons. The van der Waals surface area contributed by atoms with E-state index >= 15 is 0 Å². The second-order valence-corrected chi connectivity index (χ2v) is 4.91. The standard InChI is InChI=1S/C13H20N2/c1-10(2)15-13(9-14)7-11-5-3-4-6-12(11)8-13/h3-6,10,15H,7-9,14H2,1-2H3. The molecule has 0 saturated heterocycles. The van der Waals surface area contributed by atoms with Crippen LogP contribution in [0.25, 0.3) is 0 Å². The van der Waals surface area contributed by atoms with Crippen LogP contribution in [0.2, 0.25) is 0 Å². The topological polar surface area (TPSA) is 38.0 Å². The van der Waals surface area contributed by atoms with Gasteiger partial charge in [0, 0.05) is 18.1 Å². The maximum absolute atomic E-state index is 5.93. The van der Waals surface area contributed by atoms with Crippen molar-refractivity contribution in [2.24, 2.45) is 5.73 Å². The minimum Gasteiger partial charge on any atom is -0.329 e. The highest BCUT2D eigenvalue weighted by atomic mass is 15.0. The van der Waals surface area contributed by atoms with E-state index in [0.29, 0.717) is 12.6 Å². The molecule has 0 bridgehead atoms. The fourth-order valence-electron chi connectivity index (χ4n) is 2.61. The molecule has 0 aromatic heterocycles. The van der Waals surface area contributed by atoms with Crippen LogP contribution < -0.4 is 11.1 Å². The molecular weight excluding hydrogens is 184 g/mol. The van der Waals surface area contributed by atoms with Crippen molar-refractivity contribution in [3.8, 4) is 0 Å².